The van der Waals surface area contributed by atoms with Crippen LogP contribution in [-0.4, -0.2) is 48.1 Å². The van der Waals surface area contributed by atoms with Gasteiger partial charge in [-0.1, -0.05) is 31.4 Å². The molecule has 29 heavy (non-hydrogen) atoms. The third kappa shape index (κ3) is 4.63. The van der Waals surface area contributed by atoms with Gasteiger partial charge >= 0.3 is 0 Å². The molecule has 1 aromatic rings. The predicted octanol–water partition coefficient (Wildman–Crippen LogP) is 3.68. The number of carbonyl (C=O) groups excluding carboxylic acids is 2. The summed E-state index contributed by atoms with van der Waals surface area (Å²) in [4.78, 5) is 26.7. The van der Waals surface area contributed by atoms with Crippen LogP contribution in [0.4, 0.5) is 4.39 Å². The van der Waals surface area contributed by atoms with Gasteiger partial charge in [0.05, 0.1) is 17.3 Å². The van der Waals surface area contributed by atoms with Crippen LogP contribution in [0.5, 0.6) is 0 Å². The average molecular weight is 403 g/mol. The first-order chi connectivity index (χ1) is 14.1. The fourth-order valence-electron chi connectivity index (χ4n) is 5.05. The van der Waals surface area contributed by atoms with Gasteiger partial charge in [0, 0.05) is 25.6 Å². The van der Waals surface area contributed by atoms with Gasteiger partial charge in [-0.15, -0.1) is 0 Å². The summed E-state index contributed by atoms with van der Waals surface area (Å²) in [6.45, 7) is 1.73. The van der Waals surface area contributed by atoms with Crippen LogP contribution < -0.4 is 5.32 Å². The minimum atomic E-state index is -0.469. The Labute approximate surface area is 172 Å². The largest absolute Gasteiger partial charge is 0.370 e. The molecule has 3 aliphatic rings. The normalized spacial score (nSPS) is 24.6. The first-order valence-electron chi connectivity index (χ1n) is 11.1. The number of halogens is 1. The molecule has 0 unspecified atom stereocenters. The van der Waals surface area contributed by atoms with Crippen molar-refractivity contribution in [1.82, 2.24) is 10.2 Å². The number of likely N-dealkylation sites (tertiary alicyclic amines) is 1. The molecule has 1 aliphatic carbocycles. The first-order valence-corrected chi connectivity index (χ1v) is 11.1. The van der Waals surface area contributed by atoms with Gasteiger partial charge < -0.3 is 15.0 Å². The second-order valence-electron chi connectivity index (χ2n) is 8.81. The summed E-state index contributed by atoms with van der Waals surface area (Å²) in [6.07, 6.45) is 9.04. The SMILES string of the molecule is O=C(NC[C@H]1CCC2(CCN(C(=O)c3ccccc3F)CC2)O1)C1CCCCC1. The molecular weight excluding hydrogens is 371 g/mol. The van der Waals surface area contributed by atoms with E-state index in [2.05, 4.69) is 5.32 Å². The molecule has 5 nitrogen and oxygen atoms in total. The van der Waals surface area contributed by atoms with Gasteiger partial charge in [0.15, 0.2) is 0 Å². The molecule has 1 saturated carbocycles. The molecular formula is C23H31FN2O3. The summed E-state index contributed by atoms with van der Waals surface area (Å²) in [7, 11) is 0. The standard InChI is InChI=1S/C23H31FN2O3/c24-20-9-5-4-8-19(20)22(28)26-14-12-23(13-15-26)11-10-18(29-23)16-25-21(27)17-6-2-1-3-7-17/h4-5,8-9,17-18H,1-3,6-7,10-16H2,(H,25,27)/t18-/m1/s1. The second-order valence-corrected chi connectivity index (χ2v) is 8.81. The minimum absolute atomic E-state index is 0.0522. The van der Waals surface area contributed by atoms with Crippen LogP contribution >= 0.6 is 0 Å². The van der Waals surface area contributed by atoms with Gasteiger partial charge in [0.25, 0.3) is 5.91 Å². The van der Waals surface area contributed by atoms with Gasteiger partial charge in [-0.25, -0.2) is 4.39 Å². The molecule has 1 N–H and O–H groups in total. The van der Waals surface area contributed by atoms with Crippen molar-refractivity contribution in [2.45, 2.75) is 69.5 Å². The van der Waals surface area contributed by atoms with Crippen molar-refractivity contribution in [3.63, 3.8) is 0 Å². The van der Waals surface area contributed by atoms with Crippen molar-refractivity contribution >= 4 is 11.8 Å². The number of hydrogen-bond donors (Lipinski definition) is 1. The maximum Gasteiger partial charge on any atom is 0.256 e. The first kappa shape index (κ1) is 20.3. The topological polar surface area (TPSA) is 58.6 Å². The molecule has 3 fully saturated rings. The summed E-state index contributed by atoms with van der Waals surface area (Å²) in [5.74, 6) is -0.359. The molecule has 6 heteroatoms. The fraction of sp³-hybridized carbons (Fsp3) is 0.652. The van der Waals surface area contributed by atoms with E-state index in [-0.39, 0.29) is 35.0 Å². The van der Waals surface area contributed by atoms with Crippen LogP contribution in [0.25, 0.3) is 0 Å². The van der Waals surface area contributed by atoms with Crippen molar-refractivity contribution < 1.29 is 18.7 Å². The molecule has 0 aromatic heterocycles. The molecule has 2 aliphatic heterocycles. The molecule has 1 aromatic carbocycles. The van der Waals surface area contributed by atoms with Crippen LogP contribution in [0.3, 0.4) is 0 Å². The highest BCUT2D eigenvalue weighted by atomic mass is 19.1. The quantitative estimate of drug-likeness (QED) is 0.836. The Morgan fingerprint density at radius 3 is 2.52 bits per heavy atom. The van der Waals surface area contributed by atoms with E-state index >= 15 is 0 Å². The number of carbonyl (C=O) groups is 2. The Hall–Kier alpha value is -1.95. The average Bonchev–Trinajstić information content (AvgIpc) is 3.15. The lowest BCUT2D eigenvalue weighted by Gasteiger charge is -2.39. The summed E-state index contributed by atoms with van der Waals surface area (Å²) in [5, 5.41) is 3.10. The molecule has 0 bridgehead atoms. The highest BCUT2D eigenvalue weighted by molar-refractivity contribution is 5.94. The Kier molecular flexibility index (Phi) is 6.18. The molecule has 158 valence electrons. The number of nitrogens with zero attached hydrogens (tertiary/aromatic N) is 1. The van der Waals surface area contributed by atoms with E-state index in [9.17, 15) is 14.0 Å². The summed E-state index contributed by atoms with van der Waals surface area (Å²) in [5.41, 5.74) is -0.0641. The van der Waals surface area contributed by atoms with E-state index in [1.165, 1.54) is 12.5 Å². The summed E-state index contributed by atoms with van der Waals surface area (Å²) < 4.78 is 20.3. The third-order valence-corrected chi connectivity index (χ3v) is 6.88. The Morgan fingerprint density at radius 1 is 1.07 bits per heavy atom. The van der Waals surface area contributed by atoms with Crippen molar-refractivity contribution in [2.75, 3.05) is 19.6 Å². The zero-order chi connectivity index (χ0) is 20.3. The summed E-state index contributed by atoms with van der Waals surface area (Å²) in [6, 6.07) is 6.15. The van der Waals surface area contributed by atoms with Crippen LogP contribution in [0, 0.1) is 11.7 Å². The molecule has 2 saturated heterocycles. The maximum atomic E-state index is 13.9. The van der Waals surface area contributed by atoms with Gasteiger partial charge in [-0.3, -0.25) is 9.59 Å². The van der Waals surface area contributed by atoms with Crippen molar-refractivity contribution in [1.29, 1.82) is 0 Å². The van der Waals surface area contributed by atoms with E-state index in [0.29, 0.717) is 19.6 Å². The van der Waals surface area contributed by atoms with E-state index in [1.807, 2.05) is 0 Å². The van der Waals surface area contributed by atoms with Gasteiger partial charge in [0.1, 0.15) is 5.82 Å². The Morgan fingerprint density at radius 2 is 1.79 bits per heavy atom. The number of ether oxygens (including phenoxy) is 1. The zero-order valence-corrected chi connectivity index (χ0v) is 17.0. The van der Waals surface area contributed by atoms with E-state index in [4.69, 9.17) is 4.74 Å². The Bertz CT molecular complexity index is 739. The predicted molar refractivity (Wildman–Crippen MR) is 108 cm³/mol. The fourth-order valence-corrected chi connectivity index (χ4v) is 5.05. The van der Waals surface area contributed by atoms with Crippen LogP contribution in [0.2, 0.25) is 0 Å². The Balaban J connectivity index is 1.25. The number of nitrogens with one attached hydrogen (secondary N) is 1. The molecule has 4 rings (SSSR count). The molecule has 1 spiro atoms. The maximum absolute atomic E-state index is 13.9. The molecule has 1 atom stereocenters. The van der Waals surface area contributed by atoms with Gasteiger partial charge in [0.2, 0.25) is 5.91 Å². The highest BCUT2D eigenvalue weighted by Gasteiger charge is 2.43. The van der Waals surface area contributed by atoms with Gasteiger partial charge in [-0.05, 0) is 50.7 Å². The molecule has 2 heterocycles. The smallest absolute Gasteiger partial charge is 0.256 e. The lowest BCUT2D eigenvalue weighted by molar-refractivity contribution is -0.127. The van der Waals surface area contributed by atoms with Crippen LogP contribution in [-0.2, 0) is 9.53 Å². The van der Waals surface area contributed by atoms with Crippen LogP contribution in [0.15, 0.2) is 24.3 Å². The third-order valence-electron chi connectivity index (χ3n) is 6.88. The monoisotopic (exact) mass is 402 g/mol. The van der Waals surface area contributed by atoms with E-state index in [0.717, 1.165) is 51.4 Å². The molecule has 0 radical (unpaired) electrons. The summed E-state index contributed by atoms with van der Waals surface area (Å²) >= 11 is 0. The highest BCUT2D eigenvalue weighted by Crippen LogP contribution is 2.39. The minimum Gasteiger partial charge on any atom is -0.370 e. The molecule has 2 amide bonds. The zero-order valence-electron chi connectivity index (χ0n) is 17.0. The van der Waals surface area contributed by atoms with Crippen molar-refractivity contribution in [3.05, 3.63) is 35.6 Å². The second kappa shape index (κ2) is 8.82. The number of rotatable bonds is 4. The van der Waals surface area contributed by atoms with E-state index < -0.39 is 5.82 Å². The van der Waals surface area contributed by atoms with Crippen molar-refractivity contribution in [2.24, 2.45) is 5.92 Å². The number of benzene rings is 1. The lowest BCUT2D eigenvalue weighted by atomic mass is 9.88. The van der Waals surface area contributed by atoms with Crippen LogP contribution in [0.1, 0.15) is 68.1 Å². The van der Waals surface area contributed by atoms with Crippen molar-refractivity contribution in [3.8, 4) is 0 Å². The number of amides is 2. The lowest BCUT2D eigenvalue weighted by Crippen LogP contribution is -2.47. The van der Waals surface area contributed by atoms with E-state index in [1.54, 1.807) is 23.1 Å². The number of piperidine rings is 1. The number of hydrogen-bond acceptors (Lipinski definition) is 3. The van der Waals surface area contributed by atoms with Gasteiger partial charge in [-0.2, -0.15) is 0 Å².